The minimum atomic E-state index is -0.163. The van der Waals surface area contributed by atoms with Crippen molar-refractivity contribution in [3.63, 3.8) is 0 Å². The third kappa shape index (κ3) is 4.88. The first-order valence-electron chi connectivity index (χ1n) is 12.5. The Labute approximate surface area is 196 Å². The zero-order valence-electron chi connectivity index (χ0n) is 20.8. The fourth-order valence-corrected chi connectivity index (χ4v) is 5.11. The number of aromatic nitrogens is 5. The number of aryl methyl sites for hydroxylation is 1. The summed E-state index contributed by atoms with van der Waals surface area (Å²) in [6, 6.07) is 8.75. The minimum Gasteiger partial charge on any atom is -0.322 e. The Kier molecular flexibility index (Phi) is 6.98. The Balaban J connectivity index is 1.77. The summed E-state index contributed by atoms with van der Waals surface area (Å²) in [4.78, 5) is 18.7. The molecule has 178 valence electrons. The summed E-state index contributed by atoms with van der Waals surface area (Å²) < 4.78 is 2.02. The highest BCUT2D eigenvalue weighted by atomic mass is 16.1. The smallest absolute Gasteiger partial charge is 0.252 e. The Hall–Kier alpha value is -2.54. The number of hydrogen-bond donors (Lipinski definition) is 1. The van der Waals surface area contributed by atoms with Crippen molar-refractivity contribution in [1.29, 1.82) is 0 Å². The molecule has 0 radical (unpaired) electrons. The van der Waals surface area contributed by atoms with Gasteiger partial charge in [0.1, 0.15) is 0 Å². The Morgan fingerprint density at radius 2 is 1.97 bits per heavy atom. The van der Waals surface area contributed by atoms with Crippen LogP contribution in [-0.2, 0) is 12.1 Å². The molecule has 0 spiro atoms. The molecule has 2 heterocycles. The van der Waals surface area contributed by atoms with Crippen LogP contribution in [0.25, 0.3) is 10.9 Å². The molecule has 1 aliphatic carbocycles. The Morgan fingerprint density at radius 1 is 1.21 bits per heavy atom. The number of H-pyrrole nitrogens is 1. The maximum absolute atomic E-state index is 13.1. The van der Waals surface area contributed by atoms with Gasteiger partial charge in [0.2, 0.25) is 0 Å². The average Bonchev–Trinajstić information content (AvgIpc) is 3.49. The van der Waals surface area contributed by atoms with Gasteiger partial charge in [0.15, 0.2) is 5.82 Å². The monoisotopic (exact) mass is 450 g/mol. The van der Waals surface area contributed by atoms with Crippen LogP contribution >= 0.6 is 0 Å². The summed E-state index contributed by atoms with van der Waals surface area (Å²) in [5, 5.41) is 14.1. The molecule has 1 unspecified atom stereocenters. The van der Waals surface area contributed by atoms with Crippen molar-refractivity contribution >= 4 is 10.9 Å². The SMILES string of the molecule is CCCC(c1nnnn1C(C)(C)CC)N(Cc1cc2cc(C)ccc2[nH]c1=O)C1CCCC1. The molecule has 0 aliphatic heterocycles. The number of rotatable bonds is 9. The van der Waals surface area contributed by atoms with Crippen molar-refractivity contribution < 1.29 is 0 Å². The maximum atomic E-state index is 13.1. The van der Waals surface area contributed by atoms with Gasteiger partial charge in [0.05, 0.1) is 11.6 Å². The molecule has 33 heavy (non-hydrogen) atoms. The molecule has 1 atom stereocenters. The van der Waals surface area contributed by atoms with E-state index in [1.54, 1.807) is 0 Å². The van der Waals surface area contributed by atoms with E-state index in [1.165, 1.54) is 18.4 Å². The standard InChI is InChI=1S/C26H38N6O/c1-6-10-23(24-28-29-30-32(24)26(4,5)7-2)31(21-11-8-9-12-21)17-20-16-19-15-18(3)13-14-22(19)27-25(20)33/h13-16,21,23H,6-12,17H2,1-5H3,(H,27,33). The van der Waals surface area contributed by atoms with Gasteiger partial charge < -0.3 is 4.98 Å². The van der Waals surface area contributed by atoms with Gasteiger partial charge in [-0.1, -0.05) is 44.7 Å². The average molecular weight is 451 g/mol. The lowest BCUT2D eigenvalue weighted by Gasteiger charge is -2.37. The zero-order valence-corrected chi connectivity index (χ0v) is 20.8. The third-order valence-corrected chi connectivity index (χ3v) is 7.42. The summed E-state index contributed by atoms with van der Waals surface area (Å²) in [6.45, 7) is 11.4. The van der Waals surface area contributed by atoms with E-state index in [1.807, 2.05) is 16.8 Å². The van der Waals surface area contributed by atoms with E-state index in [2.05, 4.69) is 72.2 Å². The van der Waals surface area contributed by atoms with Gasteiger partial charge >= 0.3 is 0 Å². The quantitative estimate of drug-likeness (QED) is 0.481. The van der Waals surface area contributed by atoms with Crippen LogP contribution in [0.3, 0.4) is 0 Å². The summed E-state index contributed by atoms with van der Waals surface area (Å²) in [5.74, 6) is 0.920. The first-order chi connectivity index (χ1) is 15.8. The van der Waals surface area contributed by atoms with Crippen LogP contribution in [0.2, 0.25) is 0 Å². The molecule has 1 saturated carbocycles. The molecule has 0 bridgehead atoms. The first-order valence-corrected chi connectivity index (χ1v) is 12.5. The fourth-order valence-electron chi connectivity index (χ4n) is 5.11. The molecule has 3 aromatic rings. The number of nitrogens with zero attached hydrogens (tertiary/aromatic N) is 5. The second-order valence-electron chi connectivity index (χ2n) is 10.2. The normalized spacial score (nSPS) is 16.2. The summed E-state index contributed by atoms with van der Waals surface area (Å²) in [6.07, 6.45) is 7.71. The van der Waals surface area contributed by atoms with E-state index in [0.717, 1.165) is 54.4 Å². The Bertz CT molecular complexity index is 1140. The number of pyridine rings is 1. The largest absolute Gasteiger partial charge is 0.322 e. The molecule has 7 heteroatoms. The Morgan fingerprint density at radius 3 is 2.67 bits per heavy atom. The number of aromatic amines is 1. The van der Waals surface area contributed by atoms with Crippen molar-refractivity contribution in [3.8, 4) is 0 Å². The molecule has 7 nitrogen and oxygen atoms in total. The van der Waals surface area contributed by atoms with Crippen molar-refractivity contribution in [2.45, 2.75) is 104 Å². The predicted molar refractivity (Wildman–Crippen MR) is 132 cm³/mol. The lowest BCUT2D eigenvalue weighted by Crippen LogP contribution is -2.41. The number of hydrogen-bond acceptors (Lipinski definition) is 5. The van der Waals surface area contributed by atoms with E-state index in [0.29, 0.717) is 12.6 Å². The van der Waals surface area contributed by atoms with Gasteiger partial charge in [-0.2, -0.15) is 0 Å². The van der Waals surface area contributed by atoms with Crippen LogP contribution in [0.4, 0.5) is 0 Å². The first kappa shape index (κ1) is 23.6. The van der Waals surface area contributed by atoms with Gasteiger partial charge in [-0.05, 0) is 80.5 Å². The van der Waals surface area contributed by atoms with Crippen LogP contribution in [0.15, 0.2) is 29.1 Å². The van der Waals surface area contributed by atoms with E-state index in [4.69, 9.17) is 0 Å². The van der Waals surface area contributed by atoms with Gasteiger partial charge in [-0.25, -0.2) is 4.68 Å². The molecule has 1 aromatic carbocycles. The van der Waals surface area contributed by atoms with Gasteiger partial charge in [0.25, 0.3) is 5.56 Å². The molecule has 2 aromatic heterocycles. The summed E-state index contributed by atoms with van der Waals surface area (Å²) >= 11 is 0. The van der Waals surface area contributed by atoms with Gasteiger partial charge in [0, 0.05) is 23.7 Å². The topological polar surface area (TPSA) is 79.7 Å². The molecule has 0 saturated heterocycles. The van der Waals surface area contributed by atoms with Crippen molar-refractivity contribution in [1.82, 2.24) is 30.1 Å². The molecular weight excluding hydrogens is 412 g/mol. The number of benzene rings is 1. The van der Waals surface area contributed by atoms with Crippen LogP contribution in [0.1, 0.15) is 95.6 Å². The van der Waals surface area contributed by atoms with Crippen LogP contribution < -0.4 is 5.56 Å². The molecule has 1 fully saturated rings. The van der Waals surface area contributed by atoms with Crippen LogP contribution in [0, 0.1) is 6.92 Å². The molecular formula is C26H38N6O. The number of nitrogens with one attached hydrogen (secondary N) is 1. The van der Waals surface area contributed by atoms with Crippen LogP contribution in [0.5, 0.6) is 0 Å². The lowest BCUT2D eigenvalue weighted by atomic mass is 9.99. The maximum Gasteiger partial charge on any atom is 0.252 e. The van der Waals surface area contributed by atoms with E-state index >= 15 is 0 Å². The van der Waals surface area contributed by atoms with Gasteiger partial charge in [-0.15, -0.1) is 5.10 Å². The van der Waals surface area contributed by atoms with Crippen LogP contribution in [-0.4, -0.2) is 36.1 Å². The predicted octanol–water partition coefficient (Wildman–Crippen LogP) is 5.25. The van der Waals surface area contributed by atoms with E-state index in [-0.39, 0.29) is 17.1 Å². The highest BCUT2D eigenvalue weighted by molar-refractivity contribution is 5.79. The highest BCUT2D eigenvalue weighted by Crippen LogP contribution is 2.36. The molecule has 4 rings (SSSR count). The number of fused-ring (bicyclic) bond motifs is 1. The van der Waals surface area contributed by atoms with Crippen molar-refractivity contribution in [2.24, 2.45) is 0 Å². The van der Waals surface area contributed by atoms with Crippen molar-refractivity contribution in [3.05, 3.63) is 51.6 Å². The van der Waals surface area contributed by atoms with Gasteiger partial charge in [-0.3, -0.25) is 9.69 Å². The van der Waals surface area contributed by atoms with E-state index < -0.39 is 0 Å². The number of tetrazole rings is 1. The zero-order chi connectivity index (χ0) is 23.6. The lowest BCUT2D eigenvalue weighted by molar-refractivity contribution is 0.102. The molecule has 0 amide bonds. The van der Waals surface area contributed by atoms with E-state index in [9.17, 15) is 4.79 Å². The fraction of sp³-hybridized carbons (Fsp3) is 0.615. The summed E-state index contributed by atoms with van der Waals surface area (Å²) in [7, 11) is 0. The van der Waals surface area contributed by atoms with Crippen molar-refractivity contribution in [2.75, 3.05) is 0 Å². The third-order valence-electron chi connectivity index (χ3n) is 7.42. The second kappa shape index (κ2) is 9.75. The summed E-state index contributed by atoms with van der Waals surface area (Å²) in [5.41, 5.74) is 2.73. The molecule has 1 aliphatic rings. The molecule has 1 N–H and O–H groups in total. The second-order valence-corrected chi connectivity index (χ2v) is 10.2. The highest BCUT2D eigenvalue weighted by Gasteiger charge is 2.35. The minimum absolute atomic E-state index is 0.00178.